The van der Waals surface area contributed by atoms with Gasteiger partial charge in [0.25, 0.3) is 0 Å². The third kappa shape index (κ3) is 3.55. The maximum Gasteiger partial charge on any atom is 0.387 e. The molecule has 6 rings (SSSR count). The van der Waals surface area contributed by atoms with E-state index >= 15 is 0 Å². The fraction of sp³-hybridized carbons (Fsp3) is 0.652. The van der Waals surface area contributed by atoms with Crippen molar-refractivity contribution in [1.82, 2.24) is 19.7 Å². The molecule has 3 heterocycles. The van der Waals surface area contributed by atoms with Gasteiger partial charge in [0.1, 0.15) is 0 Å². The number of hydrogen-bond donors (Lipinski definition) is 1. The summed E-state index contributed by atoms with van der Waals surface area (Å²) in [5.74, 6) is 1.84. The highest BCUT2D eigenvalue weighted by Crippen LogP contribution is 2.64. The van der Waals surface area contributed by atoms with E-state index in [1.807, 2.05) is 0 Å². The molecule has 2 N–H and O–H groups in total. The second-order valence-corrected chi connectivity index (χ2v) is 9.60. The first-order chi connectivity index (χ1) is 15.6. The largest absolute Gasteiger partial charge is 0.431 e. The molecule has 2 aromatic rings. The van der Waals surface area contributed by atoms with Crippen molar-refractivity contribution < 1.29 is 18.3 Å². The molecule has 1 saturated heterocycles. The van der Waals surface area contributed by atoms with Crippen LogP contribution in [-0.2, 0) is 4.74 Å². The van der Waals surface area contributed by atoms with Crippen LogP contribution in [0.25, 0.3) is 11.3 Å². The molecule has 4 aliphatic rings. The standard InChI is InChI=1S/C23H29F2N5O2/c24-23(25)32-20-8-13(12-27-22(20)26)18-11-19(30(28-18)14-2-1-3-14)21-16-9-15(10-17(16)21)29-4-6-31-7-5-29/h8,11-12,14-17,21,23H,1-7,9-10H2,(H2,26,27)/t15?,16-,17+,21+. The number of fused-ring (bicyclic) bond motifs is 1. The van der Waals surface area contributed by atoms with Crippen molar-refractivity contribution >= 4 is 5.82 Å². The van der Waals surface area contributed by atoms with Crippen LogP contribution in [0, 0.1) is 11.8 Å². The van der Waals surface area contributed by atoms with Gasteiger partial charge in [-0.25, -0.2) is 4.98 Å². The normalized spacial score (nSPS) is 30.3. The Labute approximate surface area is 185 Å². The van der Waals surface area contributed by atoms with Gasteiger partial charge in [0.2, 0.25) is 0 Å². The molecule has 2 aromatic heterocycles. The molecule has 172 valence electrons. The van der Waals surface area contributed by atoms with E-state index in [0.29, 0.717) is 35.4 Å². The summed E-state index contributed by atoms with van der Waals surface area (Å²) in [7, 11) is 0. The van der Waals surface area contributed by atoms with Gasteiger partial charge in [0.15, 0.2) is 11.6 Å². The Morgan fingerprint density at radius 3 is 2.50 bits per heavy atom. The van der Waals surface area contributed by atoms with Crippen LogP contribution in [0.4, 0.5) is 14.6 Å². The number of halogens is 2. The zero-order valence-electron chi connectivity index (χ0n) is 18.0. The van der Waals surface area contributed by atoms with Crippen LogP contribution in [0.2, 0.25) is 0 Å². The minimum atomic E-state index is -2.94. The van der Waals surface area contributed by atoms with E-state index in [-0.39, 0.29) is 11.6 Å². The minimum absolute atomic E-state index is 0.0430. The highest BCUT2D eigenvalue weighted by atomic mass is 19.3. The smallest absolute Gasteiger partial charge is 0.387 e. The molecular weight excluding hydrogens is 416 g/mol. The van der Waals surface area contributed by atoms with Gasteiger partial charge in [-0.15, -0.1) is 0 Å². The number of hydrogen-bond acceptors (Lipinski definition) is 6. The second kappa shape index (κ2) is 7.95. The molecule has 0 bridgehead atoms. The van der Waals surface area contributed by atoms with Crippen LogP contribution in [-0.4, -0.2) is 58.6 Å². The Bertz CT molecular complexity index is 977. The summed E-state index contributed by atoms with van der Waals surface area (Å²) in [6, 6.07) is 4.78. The lowest BCUT2D eigenvalue weighted by atomic mass is 9.92. The van der Waals surface area contributed by atoms with Crippen molar-refractivity contribution in [1.29, 1.82) is 0 Å². The number of nitrogens with zero attached hydrogens (tertiary/aromatic N) is 4. The number of pyridine rings is 1. The first-order valence-electron chi connectivity index (χ1n) is 11.7. The molecule has 32 heavy (non-hydrogen) atoms. The number of anilines is 1. The monoisotopic (exact) mass is 445 g/mol. The summed E-state index contributed by atoms with van der Waals surface area (Å²) < 4.78 is 37.8. The first kappa shape index (κ1) is 20.4. The molecule has 9 heteroatoms. The molecule has 1 aliphatic heterocycles. The fourth-order valence-electron chi connectivity index (χ4n) is 6.00. The third-order valence-electron chi connectivity index (χ3n) is 7.90. The van der Waals surface area contributed by atoms with Gasteiger partial charge in [-0.05, 0) is 56.1 Å². The quantitative estimate of drug-likeness (QED) is 0.731. The van der Waals surface area contributed by atoms with Crippen molar-refractivity contribution in [3.63, 3.8) is 0 Å². The van der Waals surface area contributed by atoms with E-state index < -0.39 is 6.61 Å². The number of ether oxygens (including phenoxy) is 2. The third-order valence-corrected chi connectivity index (χ3v) is 7.90. The second-order valence-electron chi connectivity index (χ2n) is 9.60. The first-order valence-corrected chi connectivity index (χ1v) is 11.7. The summed E-state index contributed by atoms with van der Waals surface area (Å²) in [6.45, 7) is 0.848. The lowest BCUT2D eigenvalue weighted by Gasteiger charge is -2.33. The summed E-state index contributed by atoms with van der Waals surface area (Å²) in [5.41, 5.74) is 8.43. The van der Waals surface area contributed by atoms with Crippen molar-refractivity contribution in [2.45, 2.75) is 56.7 Å². The average Bonchev–Trinajstić information content (AvgIpc) is 3.09. The van der Waals surface area contributed by atoms with Gasteiger partial charge in [-0.2, -0.15) is 13.9 Å². The molecule has 7 nitrogen and oxygen atoms in total. The van der Waals surface area contributed by atoms with Crippen molar-refractivity contribution in [3.05, 3.63) is 24.0 Å². The molecule has 4 fully saturated rings. The Morgan fingerprint density at radius 1 is 1.09 bits per heavy atom. The number of nitrogen functional groups attached to an aromatic ring is 1. The molecular formula is C23H29F2N5O2. The fourth-order valence-corrected chi connectivity index (χ4v) is 6.00. The molecule has 0 radical (unpaired) electrons. The highest BCUT2D eigenvalue weighted by molar-refractivity contribution is 5.64. The Kier molecular flexibility index (Phi) is 5.06. The van der Waals surface area contributed by atoms with Gasteiger partial charge >= 0.3 is 6.61 Å². The maximum atomic E-state index is 12.7. The number of alkyl halides is 2. The SMILES string of the molecule is Nc1ncc(-c2cc([C@H]3[C@@H]4CC(N5CCOCC5)C[C@@H]43)n(C3CCC3)n2)cc1OC(F)F. The van der Waals surface area contributed by atoms with Crippen molar-refractivity contribution in [3.8, 4) is 17.0 Å². The van der Waals surface area contributed by atoms with Crippen LogP contribution in [0.1, 0.15) is 49.8 Å². The predicted molar refractivity (Wildman–Crippen MR) is 115 cm³/mol. The molecule has 1 unspecified atom stereocenters. The zero-order chi connectivity index (χ0) is 21.8. The molecule has 0 aromatic carbocycles. The molecule has 3 aliphatic carbocycles. The molecule has 4 atom stereocenters. The summed E-state index contributed by atoms with van der Waals surface area (Å²) in [6.07, 6.45) is 7.60. The van der Waals surface area contributed by atoms with E-state index in [1.54, 1.807) is 6.20 Å². The lowest BCUT2D eigenvalue weighted by molar-refractivity contribution is -0.0494. The summed E-state index contributed by atoms with van der Waals surface area (Å²) in [4.78, 5) is 6.66. The number of nitrogens with two attached hydrogens (primary N) is 1. The number of aromatic nitrogens is 3. The van der Waals surface area contributed by atoms with Gasteiger partial charge in [0.05, 0.1) is 24.9 Å². The predicted octanol–water partition coefficient (Wildman–Crippen LogP) is 3.68. The lowest BCUT2D eigenvalue weighted by Crippen LogP contribution is -2.43. The van der Waals surface area contributed by atoms with E-state index in [4.69, 9.17) is 15.6 Å². The summed E-state index contributed by atoms with van der Waals surface area (Å²) >= 11 is 0. The van der Waals surface area contributed by atoms with Crippen LogP contribution < -0.4 is 10.5 Å². The molecule has 0 amide bonds. The van der Waals surface area contributed by atoms with Crippen LogP contribution in [0.3, 0.4) is 0 Å². The molecule has 3 saturated carbocycles. The zero-order valence-corrected chi connectivity index (χ0v) is 18.0. The Morgan fingerprint density at radius 2 is 1.84 bits per heavy atom. The van der Waals surface area contributed by atoms with E-state index in [1.165, 1.54) is 31.0 Å². The van der Waals surface area contributed by atoms with Crippen molar-refractivity contribution in [2.24, 2.45) is 11.8 Å². The van der Waals surface area contributed by atoms with Gasteiger partial charge < -0.3 is 15.2 Å². The minimum Gasteiger partial charge on any atom is -0.431 e. The van der Waals surface area contributed by atoms with E-state index in [9.17, 15) is 8.78 Å². The van der Waals surface area contributed by atoms with Gasteiger partial charge in [-0.3, -0.25) is 9.58 Å². The number of rotatable bonds is 6. The summed E-state index contributed by atoms with van der Waals surface area (Å²) in [5, 5.41) is 4.92. The van der Waals surface area contributed by atoms with Crippen LogP contribution in [0.15, 0.2) is 18.3 Å². The van der Waals surface area contributed by atoms with Crippen molar-refractivity contribution in [2.75, 3.05) is 32.0 Å². The maximum absolute atomic E-state index is 12.7. The topological polar surface area (TPSA) is 78.4 Å². The van der Waals surface area contributed by atoms with Gasteiger partial charge in [-0.1, -0.05) is 0 Å². The molecule has 0 spiro atoms. The van der Waals surface area contributed by atoms with E-state index in [2.05, 4.69) is 25.4 Å². The van der Waals surface area contributed by atoms with E-state index in [0.717, 1.165) is 44.8 Å². The Hall–Kier alpha value is -2.26. The average molecular weight is 446 g/mol. The highest BCUT2D eigenvalue weighted by Gasteiger charge is 2.58. The van der Waals surface area contributed by atoms with Gasteiger partial charge in [0, 0.05) is 42.5 Å². The number of morpholine rings is 1. The van der Waals surface area contributed by atoms with Crippen LogP contribution in [0.5, 0.6) is 5.75 Å². The Balaban J connectivity index is 1.24. The van der Waals surface area contributed by atoms with Crippen LogP contribution >= 0.6 is 0 Å².